The number of carbonyl (C=O) groups is 1. The third kappa shape index (κ3) is 3.61. The molecule has 0 aliphatic heterocycles. The van der Waals surface area contributed by atoms with Crippen molar-refractivity contribution in [3.63, 3.8) is 0 Å². The quantitative estimate of drug-likeness (QED) is 0.817. The standard InChI is InChI=1S/C11H13ClO3S/c1-2-10(13)7-8-16(14,15)11-5-3-9(12)4-6-11/h3-6H,2,7-8H2,1H3. The maximum atomic E-state index is 11.8. The third-order valence-electron chi connectivity index (χ3n) is 2.22. The SMILES string of the molecule is CCC(=O)CCS(=O)(=O)c1ccc(Cl)cc1. The maximum absolute atomic E-state index is 11.8. The minimum atomic E-state index is -3.36. The van der Waals surface area contributed by atoms with Gasteiger partial charge in [-0.25, -0.2) is 8.42 Å². The minimum absolute atomic E-state index is 0.0439. The highest BCUT2D eigenvalue weighted by molar-refractivity contribution is 7.91. The van der Waals surface area contributed by atoms with E-state index in [9.17, 15) is 13.2 Å². The molecule has 88 valence electrons. The molecule has 1 aromatic carbocycles. The summed E-state index contributed by atoms with van der Waals surface area (Å²) in [6, 6.07) is 5.95. The van der Waals surface area contributed by atoms with Gasteiger partial charge in [0.25, 0.3) is 0 Å². The van der Waals surface area contributed by atoms with Gasteiger partial charge in [0.2, 0.25) is 0 Å². The van der Waals surface area contributed by atoms with Crippen molar-refractivity contribution in [3.8, 4) is 0 Å². The number of carbonyl (C=O) groups excluding carboxylic acids is 1. The fraction of sp³-hybridized carbons (Fsp3) is 0.364. The van der Waals surface area contributed by atoms with Crippen molar-refractivity contribution in [1.29, 1.82) is 0 Å². The van der Waals surface area contributed by atoms with Crippen molar-refractivity contribution in [2.75, 3.05) is 5.75 Å². The molecule has 0 atom stereocenters. The Morgan fingerprint density at radius 3 is 2.31 bits per heavy atom. The smallest absolute Gasteiger partial charge is 0.178 e. The second kappa shape index (κ2) is 5.46. The van der Waals surface area contributed by atoms with Gasteiger partial charge < -0.3 is 0 Å². The van der Waals surface area contributed by atoms with Crippen LogP contribution in [0, 0.1) is 0 Å². The molecular weight excluding hydrogens is 248 g/mol. The molecule has 0 saturated carbocycles. The first-order valence-corrected chi connectivity index (χ1v) is 6.99. The summed E-state index contributed by atoms with van der Waals surface area (Å²) in [5, 5.41) is 0.489. The fourth-order valence-corrected chi connectivity index (χ4v) is 2.59. The Morgan fingerprint density at radius 2 is 1.81 bits per heavy atom. The maximum Gasteiger partial charge on any atom is 0.178 e. The molecule has 0 amide bonds. The molecule has 0 N–H and O–H groups in total. The molecule has 16 heavy (non-hydrogen) atoms. The van der Waals surface area contributed by atoms with E-state index in [1.54, 1.807) is 6.92 Å². The van der Waals surface area contributed by atoms with Crippen molar-refractivity contribution in [2.45, 2.75) is 24.7 Å². The van der Waals surface area contributed by atoms with Gasteiger partial charge in [-0.15, -0.1) is 0 Å². The first kappa shape index (κ1) is 13.2. The van der Waals surface area contributed by atoms with E-state index in [2.05, 4.69) is 0 Å². The molecule has 0 unspecified atom stereocenters. The van der Waals surface area contributed by atoms with Crippen molar-refractivity contribution < 1.29 is 13.2 Å². The Labute approximate surface area is 100 Å². The number of hydrogen-bond donors (Lipinski definition) is 0. The Bertz CT molecular complexity index is 463. The van der Waals surface area contributed by atoms with E-state index in [4.69, 9.17) is 11.6 Å². The van der Waals surface area contributed by atoms with Crippen LogP contribution in [-0.4, -0.2) is 20.0 Å². The highest BCUT2D eigenvalue weighted by Crippen LogP contribution is 2.16. The first-order valence-electron chi connectivity index (χ1n) is 4.95. The fourth-order valence-electron chi connectivity index (χ4n) is 1.18. The summed E-state index contributed by atoms with van der Waals surface area (Å²) >= 11 is 5.66. The summed E-state index contributed by atoms with van der Waals surface area (Å²) in [6.45, 7) is 1.72. The van der Waals surface area contributed by atoms with E-state index in [1.807, 2.05) is 0 Å². The normalized spacial score (nSPS) is 11.4. The van der Waals surface area contributed by atoms with Crippen molar-refractivity contribution in [3.05, 3.63) is 29.3 Å². The molecule has 0 aromatic heterocycles. The lowest BCUT2D eigenvalue weighted by Crippen LogP contribution is -2.10. The monoisotopic (exact) mass is 260 g/mol. The molecule has 0 aliphatic carbocycles. The van der Waals surface area contributed by atoms with E-state index in [-0.39, 0.29) is 22.9 Å². The van der Waals surface area contributed by atoms with Crippen LogP contribution in [0.5, 0.6) is 0 Å². The number of benzene rings is 1. The molecular formula is C11H13ClO3S. The first-order chi connectivity index (χ1) is 7.45. The Morgan fingerprint density at radius 1 is 1.25 bits per heavy atom. The van der Waals surface area contributed by atoms with Gasteiger partial charge in [0, 0.05) is 17.9 Å². The Kier molecular flexibility index (Phi) is 4.50. The summed E-state index contributed by atoms with van der Waals surface area (Å²) in [5.74, 6) is -0.182. The number of hydrogen-bond acceptors (Lipinski definition) is 3. The predicted octanol–water partition coefficient (Wildman–Crippen LogP) is 2.48. The van der Waals surface area contributed by atoms with Crippen LogP contribution in [0.1, 0.15) is 19.8 Å². The summed E-state index contributed by atoms with van der Waals surface area (Å²) < 4.78 is 23.5. The van der Waals surface area contributed by atoms with Crippen LogP contribution in [0.4, 0.5) is 0 Å². The van der Waals surface area contributed by atoms with Gasteiger partial charge in [-0.2, -0.15) is 0 Å². The molecule has 1 aromatic rings. The number of rotatable bonds is 5. The van der Waals surface area contributed by atoms with Gasteiger partial charge in [0.15, 0.2) is 9.84 Å². The zero-order valence-electron chi connectivity index (χ0n) is 8.94. The summed E-state index contributed by atoms with van der Waals surface area (Å²) in [7, 11) is -3.36. The van der Waals surface area contributed by atoms with E-state index in [0.29, 0.717) is 11.4 Å². The van der Waals surface area contributed by atoms with Crippen LogP contribution < -0.4 is 0 Å². The van der Waals surface area contributed by atoms with Crippen LogP contribution in [-0.2, 0) is 14.6 Å². The topological polar surface area (TPSA) is 51.2 Å². The van der Waals surface area contributed by atoms with Crippen molar-refractivity contribution in [2.24, 2.45) is 0 Å². The highest BCUT2D eigenvalue weighted by Gasteiger charge is 2.15. The molecule has 0 radical (unpaired) electrons. The Balaban J connectivity index is 2.78. The summed E-state index contributed by atoms with van der Waals surface area (Å²) in [4.78, 5) is 11.3. The van der Waals surface area contributed by atoms with Crippen molar-refractivity contribution >= 4 is 27.2 Å². The molecule has 0 saturated heterocycles. The van der Waals surface area contributed by atoms with Gasteiger partial charge in [-0.3, -0.25) is 4.79 Å². The number of ketones is 1. The second-order valence-corrected chi connectivity index (χ2v) is 5.96. The van der Waals surface area contributed by atoms with E-state index < -0.39 is 9.84 Å². The van der Waals surface area contributed by atoms with Gasteiger partial charge >= 0.3 is 0 Å². The van der Waals surface area contributed by atoms with Gasteiger partial charge in [0.05, 0.1) is 10.6 Å². The van der Waals surface area contributed by atoms with Crippen LogP contribution in [0.3, 0.4) is 0 Å². The molecule has 3 nitrogen and oxygen atoms in total. The van der Waals surface area contributed by atoms with Gasteiger partial charge in [-0.1, -0.05) is 18.5 Å². The summed E-state index contributed by atoms with van der Waals surface area (Å²) in [6.07, 6.45) is 0.442. The molecule has 0 heterocycles. The lowest BCUT2D eigenvalue weighted by atomic mass is 10.2. The molecule has 0 spiro atoms. The predicted molar refractivity (Wildman–Crippen MR) is 63.4 cm³/mol. The zero-order valence-corrected chi connectivity index (χ0v) is 10.5. The molecule has 1 rings (SSSR count). The minimum Gasteiger partial charge on any atom is -0.300 e. The largest absolute Gasteiger partial charge is 0.300 e. The molecule has 0 bridgehead atoms. The van der Waals surface area contributed by atoms with E-state index in [0.717, 1.165) is 0 Å². The van der Waals surface area contributed by atoms with Gasteiger partial charge in [-0.05, 0) is 24.3 Å². The van der Waals surface area contributed by atoms with Crippen LogP contribution in [0.15, 0.2) is 29.2 Å². The highest BCUT2D eigenvalue weighted by atomic mass is 35.5. The van der Waals surface area contributed by atoms with Crippen molar-refractivity contribution in [1.82, 2.24) is 0 Å². The average Bonchev–Trinajstić information content (AvgIpc) is 2.26. The summed E-state index contributed by atoms with van der Waals surface area (Å²) in [5.41, 5.74) is 0. The molecule has 0 fully saturated rings. The van der Waals surface area contributed by atoms with E-state index >= 15 is 0 Å². The molecule has 5 heteroatoms. The number of halogens is 1. The van der Waals surface area contributed by atoms with E-state index in [1.165, 1.54) is 24.3 Å². The molecule has 0 aliphatic rings. The lowest BCUT2D eigenvalue weighted by Gasteiger charge is -2.03. The average molecular weight is 261 g/mol. The number of sulfone groups is 1. The Hall–Kier alpha value is -0.870. The number of Topliss-reactive ketones (excluding diaryl/α,β-unsaturated/α-hetero) is 1. The lowest BCUT2D eigenvalue weighted by molar-refractivity contribution is -0.118. The second-order valence-electron chi connectivity index (χ2n) is 3.42. The third-order valence-corrected chi connectivity index (χ3v) is 4.20. The van der Waals surface area contributed by atoms with Crippen LogP contribution >= 0.6 is 11.6 Å². The van der Waals surface area contributed by atoms with Gasteiger partial charge in [0.1, 0.15) is 5.78 Å². The van der Waals surface area contributed by atoms with Crippen LogP contribution in [0.2, 0.25) is 5.02 Å². The zero-order chi connectivity index (χ0) is 12.2. The van der Waals surface area contributed by atoms with Crippen LogP contribution in [0.25, 0.3) is 0 Å².